The molecule has 0 radical (unpaired) electrons. The topological polar surface area (TPSA) is 63.6 Å². The molecule has 0 spiro atoms. The monoisotopic (exact) mass is 348 g/mol. The molecule has 2 N–H and O–H groups in total. The third-order valence-corrected chi connectivity index (χ3v) is 5.70. The molecule has 1 saturated heterocycles. The first kappa shape index (κ1) is 17.2. The highest BCUT2D eigenvalue weighted by atomic mass is 32.1. The summed E-state index contributed by atoms with van der Waals surface area (Å²) in [4.78, 5) is 5.69. The lowest BCUT2D eigenvalue weighted by atomic mass is 9.96. The van der Waals surface area contributed by atoms with Crippen molar-refractivity contribution in [3.63, 3.8) is 0 Å². The smallest absolute Gasteiger partial charge is 0.125 e. The lowest BCUT2D eigenvalue weighted by Gasteiger charge is -2.23. The van der Waals surface area contributed by atoms with E-state index in [-0.39, 0.29) is 0 Å². The van der Waals surface area contributed by atoms with Crippen LogP contribution >= 0.6 is 11.3 Å². The molecule has 1 aromatic carbocycles. The van der Waals surface area contributed by atoms with Crippen molar-refractivity contribution in [3.05, 3.63) is 39.8 Å². The van der Waals surface area contributed by atoms with Gasteiger partial charge in [0, 0.05) is 0 Å². The molecule has 3 rings (SSSR count). The third kappa shape index (κ3) is 3.88. The van der Waals surface area contributed by atoms with Crippen molar-refractivity contribution in [3.8, 4) is 11.5 Å². The molecular formula is C18H24N2O3S. The van der Waals surface area contributed by atoms with Crippen molar-refractivity contribution in [1.82, 2.24) is 10.3 Å². The summed E-state index contributed by atoms with van der Waals surface area (Å²) < 4.78 is 11.0. The number of nitrogens with one attached hydrogen (secondary N) is 1. The molecular weight excluding hydrogens is 324 g/mol. The quantitative estimate of drug-likeness (QED) is 0.870. The van der Waals surface area contributed by atoms with E-state index >= 15 is 0 Å². The van der Waals surface area contributed by atoms with Crippen LogP contribution in [0.1, 0.15) is 34.8 Å². The van der Waals surface area contributed by atoms with Gasteiger partial charge in [0.1, 0.15) is 28.7 Å². The van der Waals surface area contributed by atoms with Gasteiger partial charge >= 0.3 is 0 Å². The second-order valence-corrected chi connectivity index (χ2v) is 7.21. The highest BCUT2D eigenvalue weighted by molar-refractivity contribution is 7.11. The number of aliphatic hydroxyl groups is 1. The van der Waals surface area contributed by atoms with E-state index in [1.54, 1.807) is 18.4 Å². The summed E-state index contributed by atoms with van der Waals surface area (Å²) in [6.07, 6.45) is 2.43. The second-order valence-electron chi connectivity index (χ2n) is 6.13. The minimum Gasteiger partial charge on any atom is -0.497 e. The molecule has 1 atom stereocenters. The Balaban J connectivity index is 1.69. The fourth-order valence-corrected chi connectivity index (χ4v) is 3.97. The molecule has 0 bridgehead atoms. The SMILES string of the molecule is COc1ccc(OCc2sc([C@@]3(O)CCCNCC3)nc2C)cc1. The van der Waals surface area contributed by atoms with Crippen LogP contribution in [0.3, 0.4) is 0 Å². The van der Waals surface area contributed by atoms with Gasteiger partial charge in [0.05, 0.1) is 17.7 Å². The molecule has 6 heteroatoms. The third-order valence-electron chi connectivity index (χ3n) is 4.38. The largest absolute Gasteiger partial charge is 0.497 e. The number of rotatable bonds is 5. The zero-order valence-corrected chi connectivity index (χ0v) is 15.0. The molecule has 24 heavy (non-hydrogen) atoms. The summed E-state index contributed by atoms with van der Waals surface area (Å²) in [5, 5.41) is 15.1. The van der Waals surface area contributed by atoms with Gasteiger partial charge in [-0.1, -0.05) is 0 Å². The van der Waals surface area contributed by atoms with Crippen molar-refractivity contribution in [2.45, 2.75) is 38.4 Å². The predicted octanol–water partition coefficient (Wildman–Crippen LogP) is 3.00. The minimum absolute atomic E-state index is 0.462. The van der Waals surface area contributed by atoms with Crippen molar-refractivity contribution < 1.29 is 14.6 Å². The fraction of sp³-hybridized carbons (Fsp3) is 0.500. The van der Waals surface area contributed by atoms with E-state index in [2.05, 4.69) is 10.3 Å². The zero-order chi connectivity index (χ0) is 17.0. The Labute approximate surface area is 146 Å². The maximum Gasteiger partial charge on any atom is 0.125 e. The highest BCUT2D eigenvalue weighted by Gasteiger charge is 2.33. The standard InChI is InChI=1S/C18H24N2O3S/c1-13-16(12-23-15-6-4-14(22-2)5-7-15)24-17(20-13)18(21)8-3-10-19-11-9-18/h4-7,19,21H,3,8-12H2,1-2H3/t18-/m1/s1. The van der Waals surface area contributed by atoms with Crippen LogP contribution in [0.2, 0.25) is 0 Å². The molecule has 0 amide bonds. The predicted molar refractivity (Wildman–Crippen MR) is 94.8 cm³/mol. The van der Waals surface area contributed by atoms with Crippen LogP contribution < -0.4 is 14.8 Å². The van der Waals surface area contributed by atoms with Crippen LogP contribution in [0.15, 0.2) is 24.3 Å². The average molecular weight is 348 g/mol. The zero-order valence-electron chi connectivity index (χ0n) is 14.2. The summed E-state index contributed by atoms with van der Waals surface area (Å²) in [6.45, 7) is 4.22. The van der Waals surface area contributed by atoms with E-state index in [4.69, 9.17) is 9.47 Å². The summed E-state index contributed by atoms with van der Waals surface area (Å²) in [5.41, 5.74) is 0.131. The summed E-state index contributed by atoms with van der Waals surface area (Å²) in [7, 11) is 1.64. The van der Waals surface area contributed by atoms with Gasteiger partial charge in [-0.3, -0.25) is 0 Å². The fourth-order valence-electron chi connectivity index (χ4n) is 2.85. The number of benzene rings is 1. The van der Waals surface area contributed by atoms with E-state index < -0.39 is 5.60 Å². The maximum absolute atomic E-state index is 11.0. The maximum atomic E-state index is 11.0. The lowest BCUT2D eigenvalue weighted by molar-refractivity contribution is 0.0237. The van der Waals surface area contributed by atoms with Gasteiger partial charge in [-0.15, -0.1) is 11.3 Å². The van der Waals surface area contributed by atoms with Crippen LogP contribution in [0.5, 0.6) is 11.5 Å². The van der Waals surface area contributed by atoms with Gasteiger partial charge in [0.25, 0.3) is 0 Å². The molecule has 1 aliphatic rings. The number of nitrogens with zero attached hydrogens (tertiary/aromatic N) is 1. The normalized spacial score (nSPS) is 21.3. The second kappa shape index (κ2) is 7.51. The Morgan fingerprint density at radius 2 is 1.96 bits per heavy atom. The number of thiazole rings is 1. The van der Waals surface area contributed by atoms with Gasteiger partial charge in [-0.2, -0.15) is 0 Å². The van der Waals surface area contributed by atoms with Crippen LogP contribution in [0, 0.1) is 6.92 Å². The molecule has 1 aliphatic heterocycles. The Morgan fingerprint density at radius 1 is 1.21 bits per heavy atom. The number of hydrogen-bond acceptors (Lipinski definition) is 6. The molecule has 5 nitrogen and oxygen atoms in total. The number of ether oxygens (including phenoxy) is 2. The van der Waals surface area contributed by atoms with E-state index in [0.29, 0.717) is 13.0 Å². The van der Waals surface area contributed by atoms with Gasteiger partial charge < -0.3 is 19.9 Å². The van der Waals surface area contributed by atoms with Crippen LogP contribution in [0.4, 0.5) is 0 Å². The Morgan fingerprint density at radius 3 is 2.71 bits per heavy atom. The first-order chi connectivity index (χ1) is 11.6. The lowest BCUT2D eigenvalue weighted by Crippen LogP contribution is -2.27. The minimum atomic E-state index is -0.808. The molecule has 2 aromatic rings. The van der Waals surface area contributed by atoms with Crippen molar-refractivity contribution in [2.24, 2.45) is 0 Å². The Bertz CT molecular complexity index is 661. The van der Waals surface area contributed by atoms with Crippen molar-refractivity contribution in [2.75, 3.05) is 20.2 Å². The van der Waals surface area contributed by atoms with Gasteiger partial charge in [0.2, 0.25) is 0 Å². The Hall–Kier alpha value is -1.63. The summed E-state index contributed by atoms with van der Waals surface area (Å²) >= 11 is 1.56. The molecule has 1 aromatic heterocycles. The number of hydrogen-bond donors (Lipinski definition) is 2. The summed E-state index contributed by atoms with van der Waals surface area (Å²) in [5.74, 6) is 1.60. The number of aryl methyl sites for hydroxylation is 1. The van der Waals surface area contributed by atoms with E-state index in [1.165, 1.54) is 0 Å². The first-order valence-corrected chi connectivity index (χ1v) is 9.09. The molecule has 0 aliphatic carbocycles. The van der Waals surface area contributed by atoms with E-state index in [9.17, 15) is 5.11 Å². The van der Waals surface area contributed by atoms with Gasteiger partial charge in [0.15, 0.2) is 0 Å². The van der Waals surface area contributed by atoms with Crippen LogP contribution in [-0.4, -0.2) is 30.3 Å². The Kier molecular flexibility index (Phi) is 5.38. The molecule has 0 unspecified atom stereocenters. The van der Waals surface area contributed by atoms with Crippen molar-refractivity contribution >= 4 is 11.3 Å². The number of methoxy groups -OCH3 is 1. The summed E-state index contributed by atoms with van der Waals surface area (Å²) in [6, 6.07) is 7.53. The molecule has 0 saturated carbocycles. The van der Waals surface area contributed by atoms with Crippen molar-refractivity contribution in [1.29, 1.82) is 0 Å². The molecule has 1 fully saturated rings. The van der Waals surface area contributed by atoms with Crippen LogP contribution in [0.25, 0.3) is 0 Å². The van der Waals surface area contributed by atoms with Gasteiger partial charge in [-0.25, -0.2) is 4.98 Å². The van der Waals surface area contributed by atoms with E-state index in [1.807, 2.05) is 31.2 Å². The average Bonchev–Trinajstić information content (AvgIpc) is 2.83. The van der Waals surface area contributed by atoms with Gasteiger partial charge in [-0.05, 0) is 63.5 Å². The van der Waals surface area contributed by atoms with E-state index in [0.717, 1.165) is 53.0 Å². The van der Waals surface area contributed by atoms with Crippen LogP contribution in [-0.2, 0) is 12.2 Å². The first-order valence-electron chi connectivity index (χ1n) is 8.27. The number of aromatic nitrogens is 1. The highest BCUT2D eigenvalue weighted by Crippen LogP contribution is 2.35. The molecule has 130 valence electrons. The molecule has 2 heterocycles.